The number of rotatable bonds is 6. The number of likely N-dealkylation sites (tertiary alicyclic amines) is 1. The summed E-state index contributed by atoms with van der Waals surface area (Å²) in [5.74, 6) is -3.51. The first-order valence-electron chi connectivity index (χ1n) is 13.3. The van der Waals surface area contributed by atoms with Crippen molar-refractivity contribution in [3.63, 3.8) is 0 Å². The molecule has 5 rings (SSSR count). The number of fused-ring (bicyclic) bond motifs is 1. The van der Waals surface area contributed by atoms with Gasteiger partial charge in [-0.2, -0.15) is 13.2 Å². The fraction of sp³-hybridized carbons (Fsp3) is 0.536. The van der Waals surface area contributed by atoms with Crippen LogP contribution in [0.1, 0.15) is 51.2 Å². The molecule has 0 spiro atoms. The van der Waals surface area contributed by atoms with Crippen molar-refractivity contribution in [2.24, 2.45) is 5.92 Å². The van der Waals surface area contributed by atoms with Crippen molar-refractivity contribution in [1.29, 1.82) is 0 Å². The van der Waals surface area contributed by atoms with E-state index in [-0.39, 0.29) is 25.6 Å². The van der Waals surface area contributed by atoms with E-state index in [1.54, 1.807) is 37.6 Å². The van der Waals surface area contributed by atoms with Crippen molar-refractivity contribution in [2.75, 3.05) is 18.0 Å². The standard InChI is InChI=1S/C28H32F5N5O2/c1-26(2,3)40-25(39)37-12-10-20(27(29,30)16-37)15-36-13-11-22-23(36)34-17-35-24(22)38(21-8-9-21)14-18-4-6-19(7-5-18)28(31,32)33/h4-7,11,13,17,20-21H,8-10,12,14-16H2,1-3H3. The van der Waals surface area contributed by atoms with Gasteiger partial charge in [-0.25, -0.2) is 23.5 Å². The summed E-state index contributed by atoms with van der Waals surface area (Å²) in [7, 11) is 0. The summed E-state index contributed by atoms with van der Waals surface area (Å²) in [6.07, 6.45) is -0.0967. The van der Waals surface area contributed by atoms with E-state index in [4.69, 9.17) is 4.74 Å². The Labute approximate surface area is 228 Å². The molecule has 1 amide bonds. The molecule has 1 aromatic carbocycles. The highest BCUT2D eigenvalue weighted by atomic mass is 19.4. The molecule has 216 valence electrons. The molecule has 7 nitrogen and oxygen atoms in total. The number of benzene rings is 1. The number of halogens is 5. The molecule has 40 heavy (non-hydrogen) atoms. The van der Waals surface area contributed by atoms with E-state index in [1.165, 1.54) is 18.5 Å². The lowest BCUT2D eigenvalue weighted by Gasteiger charge is -2.39. The first-order valence-corrected chi connectivity index (χ1v) is 13.3. The Morgan fingerprint density at radius 1 is 1.07 bits per heavy atom. The molecule has 1 saturated heterocycles. The van der Waals surface area contributed by atoms with Crippen molar-refractivity contribution in [3.05, 3.63) is 54.0 Å². The maximum Gasteiger partial charge on any atom is 0.416 e. The average Bonchev–Trinajstić information content (AvgIpc) is 3.62. The highest BCUT2D eigenvalue weighted by Gasteiger charge is 2.47. The maximum atomic E-state index is 15.2. The molecule has 1 aliphatic carbocycles. The molecule has 3 aromatic rings. The molecule has 1 saturated carbocycles. The van der Waals surface area contributed by atoms with Gasteiger partial charge in [-0.05, 0) is 63.8 Å². The topological polar surface area (TPSA) is 63.5 Å². The lowest BCUT2D eigenvalue weighted by molar-refractivity contribution is -0.137. The molecule has 1 aliphatic heterocycles. The molecule has 12 heteroatoms. The van der Waals surface area contributed by atoms with Gasteiger partial charge in [-0.1, -0.05) is 12.1 Å². The van der Waals surface area contributed by atoms with E-state index in [2.05, 4.69) is 9.97 Å². The number of aromatic nitrogens is 3. The lowest BCUT2D eigenvalue weighted by Crippen LogP contribution is -2.52. The molecule has 2 aromatic heterocycles. The van der Waals surface area contributed by atoms with Gasteiger partial charge in [0.05, 0.1) is 17.5 Å². The molecular weight excluding hydrogens is 533 g/mol. The normalized spacial score (nSPS) is 19.6. The van der Waals surface area contributed by atoms with E-state index in [0.717, 1.165) is 29.9 Å². The minimum Gasteiger partial charge on any atom is -0.444 e. The number of nitrogens with zero attached hydrogens (tertiary/aromatic N) is 5. The van der Waals surface area contributed by atoms with Crippen LogP contribution in [0, 0.1) is 5.92 Å². The first kappa shape index (κ1) is 28.1. The number of amides is 1. The highest BCUT2D eigenvalue weighted by Crippen LogP contribution is 2.38. The Morgan fingerprint density at radius 3 is 2.38 bits per heavy atom. The number of alkyl halides is 5. The molecule has 1 atom stereocenters. The predicted molar refractivity (Wildman–Crippen MR) is 139 cm³/mol. The van der Waals surface area contributed by atoms with Gasteiger partial charge in [0, 0.05) is 37.8 Å². The van der Waals surface area contributed by atoms with Gasteiger partial charge in [0.1, 0.15) is 23.4 Å². The van der Waals surface area contributed by atoms with Gasteiger partial charge < -0.3 is 19.1 Å². The number of carbonyl (C=O) groups is 1. The maximum absolute atomic E-state index is 15.2. The second kappa shape index (κ2) is 10.2. The molecule has 1 unspecified atom stereocenters. The SMILES string of the molecule is CC(C)(C)OC(=O)N1CCC(Cn2ccc3c(N(Cc4ccc(C(F)(F)F)cc4)C4CC4)ncnc32)C(F)(F)C1. The minimum absolute atomic E-state index is 0.0114. The van der Waals surface area contributed by atoms with Gasteiger partial charge >= 0.3 is 12.3 Å². The van der Waals surface area contributed by atoms with Crippen LogP contribution in [0.4, 0.5) is 32.6 Å². The van der Waals surface area contributed by atoms with Crippen LogP contribution < -0.4 is 4.90 Å². The van der Waals surface area contributed by atoms with Crippen LogP contribution >= 0.6 is 0 Å². The number of hydrogen-bond acceptors (Lipinski definition) is 5. The van der Waals surface area contributed by atoms with E-state index < -0.39 is 41.8 Å². The summed E-state index contributed by atoms with van der Waals surface area (Å²) in [4.78, 5) is 24.3. The molecule has 0 N–H and O–H groups in total. The van der Waals surface area contributed by atoms with Crippen LogP contribution in [0.25, 0.3) is 11.0 Å². The highest BCUT2D eigenvalue weighted by molar-refractivity contribution is 5.88. The number of anilines is 1. The summed E-state index contributed by atoms with van der Waals surface area (Å²) < 4.78 is 76.3. The Balaban J connectivity index is 1.33. The van der Waals surface area contributed by atoms with Gasteiger partial charge in [0.25, 0.3) is 5.92 Å². The van der Waals surface area contributed by atoms with Crippen LogP contribution in [0.2, 0.25) is 0 Å². The Hall–Kier alpha value is -3.44. The minimum atomic E-state index is -4.40. The Morgan fingerprint density at radius 2 is 1.77 bits per heavy atom. The third kappa shape index (κ3) is 6.15. The van der Waals surface area contributed by atoms with Gasteiger partial charge in [-0.3, -0.25) is 0 Å². The zero-order valence-electron chi connectivity index (χ0n) is 22.6. The van der Waals surface area contributed by atoms with Crippen LogP contribution in [0.15, 0.2) is 42.9 Å². The second-order valence-electron chi connectivity index (χ2n) is 11.6. The predicted octanol–water partition coefficient (Wildman–Crippen LogP) is 6.51. The first-order chi connectivity index (χ1) is 18.7. The molecule has 2 fully saturated rings. The average molecular weight is 566 g/mol. The third-order valence-corrected chi connectivity index (χ3v) is 7.24. The van der Waals surface area contributed by atoms with Crippen molar-refractivity contribution in [3.8, 4) is 0 Å². The van der Waals surface area contributed by atoms with Crippen molar-refractivity contribution in [1.82, 2.24) is 19.4 Å². The number of piperidine rings is 1. The third-order valence-electron chi connectivity index (χ3n) is 7.24. The van der Waals surface area contributed by atoms with Gasteiger partial charge in [-0.15, -0.1) is 0 Å². The lowest BCUT2D eigenvalue weighted by atomic mass is 9.93. The monoisotopic (exact) mass is 565 g/mol. The number of hydrogen-bond donors (Lipinski definition) is 0. The van der Waals surface area contributed by atoms with Crippen molar-refractivity contribution < 1.29 is 31.5 Å². The summed E-state index contributed by atoms with van der Waals surface area (Å²) in [5.41, 5.74) is -0.258. The number of carbonyl (C=O) groups excluding carboxylic acids is 1. The zero-order chi connectivity index (χ0) is 28.9. The van der Waals surface area contributed by atoms with Crippen LogP contribution in [-0.2, 0) is 24.0 Å². The molecule has 0 radical (unpaired) electrons. The van der Waals surface area contributed by atoms with Crippen LogP contribution in [-0.4, -0.2) is 56.2 Å². The van der Waals surface area contributed by atoms with Crippen LogP contribution in [0.3, 0.4) is 0 Å². The Bertz CT molecular complexity index is 1360. The summed E-state index contributed by atoms with van der Waals surface area (Å²) in [6, 6.07) is 7.05. The fourth-order valence-corrected chi connectivity index (χ4v) is 5.06. The van der Waals surface area contributed by atoms with Crippen molar-refractivity contribution >= 4 is 22.9 Å². The smallest absolute Gasteiger partial charge is 0.416 e. The van der Waals surface area contributed by atoms with Gasteiger partial charge in [0.15, 0.2) is 0 Å². The Kier molecular flexibility index (Phi) is 7.16. The number of ether oxygens (including phenoxy) is 1. The molecule has 2 aliphatic rings. The molecular formula is C28H32F5N5O2. The summed E-state index contributed by atoms with van der Waals surface area (Å²) >= 11 is 0. The van der Waals surface area contributed by atoms with Crippen LogP contribution in [0.5, 0.6) is 0 Å². The largest absolute Gasteiger partial charge is 0.444 e. The van der Waals surface area contributed by atoms with Gasteiger partial charge in [0.2, 0.25) is 0 Å². The van der Waals surface area contributed by atoms with E-state index in [1.807, 2.05) is 4.90 Å². The molecule has 0 bridgehead atoms. The van der Waals surface area contributed by atoms with E-state index >= 15 is 8.78 Å². The second-order valence-corrected chi connectivity index (χ2v) is 11.6. The molecule has 3 heterocycles. The van der Waals surface area contributed by atoms with Crippen molar-refractivity contribution in [2.45, 2.75) is 76.9 Å². The van der Waals surface area contributed by atoms with E-state index in [9.17, 15) is 18.0 Å². The zero-order valence-corrected chi connectivity index (χ0v) is 22.6. The summed E-state index contributed by atoms with van der Waals surface area (Å²) in [6.45, 7) is 4.90. The fourth-order valence-electron chi connectivity index (χ4n) is 5.06. The quantitative estimate of drug-likeness (QED) is 0.319. The van der Waals surface area contributed by atoms with E-state index in [0.29, 0.717) is 29.0 Å². The summed E-state index contributed by atoms with van der Waals surface area (Å²) in [5, 5.41) is 0.691.